The highest BCUT2D eigenvalue weighted by molar-refractivity contribution is 5.45. The van der Waals surface area contributed by atoms with Gasteiger partial charge in [-0.15, -0.1) is 0 Å². The fourth-order valence-corrected chi connectivity index (χ4v) is 3.53. The molecule has 0 bridgehead atoms. The van der Waals surface area contributed by atoms with Gasteiger partial charge in [-0.1, -0.05) is 6.07 Å². The van der Waals surface area contributed by atoms with Gasteiger partial charge in [-0.05, 0) is 63.9 Å². The minimum absolute atomic E-state index is 0.0688. The van der Waals surface area contributed by atoms with Crippen LogP contribution in [0.2, 0.25) is 0 Å². The Morgan fingerprint density at radius 1 is 1.23 bits per heavy atom. The third-order valence-corrected chi connectivity index (χ3v) is 5.13. The van der Waals surface area contributed by atoms with Crippen molar-refractivity contribution < 1.29 is 9.47 Å². The largest absolute Gasteiger partial charge is 0.493 e. The topological polar surface area (TPSA) is 33.7 Å². The molecule has 0 spiro atoms. The molecule has 0 aromatic heterocycles. The minimum atomic E-state index is 0.0688. The van der Waals surface area contributed by atoms with Crippen LogP contribution in [0, 0.1) is 0 Å². The van der Waals surface area contributed by atoms with Crippen molar-refractivity contribution >= 4 is 0 Å². The zero-order valence-corrected chi connectivity index (χ0v) is 14.0. The number of piperidine rings is 1. The number of nitrogens with zero attached hydrogens (tertiary/aromatic N) is 1. The van der Waals surface area contributed by atoms with Crippen LogP contribution < -0.4 is 14.8 Å². The molecule has 0 radical (unpaired) electrons. The lowest BCUT2D eigenvalue weighted by Gasteiger charge is -2.30. The number of methoxy groups -OCH3 is 1. The summed E-state index contributed by atoms with van der Waals surface area (Å²) in [5.74, 6) is 1.73. The predicted octanol–water partition coefficient (Wildman–Crippen LogP) is 2.77. The Bertz CT molecular complexity index is 504. The van der Waals surface area contributed by atoms with E-state index < -0.39 is 0 Å². The maximum absolute atomic E-state index is 6.20. The number of hydrogen-bond acceptors (Lipinski definition) is 4. The first-order chi connectivity index (χ1) is 10.6. The van der Waals surface area contributed by atoms with Crippen molar-refractivity contribution in [3.63, 3.8) is 0 Å². The standard InChI is InChI=1S/C18H28N2O2/c1-18(9-4-10-19-18)14-5-6-16(17(13-14)21-3)22-15-7-11-20(2)12-8-15/h5-6,13,15,19H,4,7-12H2,1-3H3. The fraction of sp³-hybridized carbons (Fsp3) is 0.667. The summed E-state index contributed by atoms with van der Waals surface area (Å²) in [6.45, 7) is 5.57. The highest BCUT2D eigenvalue weighted by atomic mass is 16.5. The van der Waals surface area contributed by atoms with E-state index in [-0.39, 0.29) is 5.54 Å². The van der Waals surface area contributed by atoms with E-state index in [4.69, 9.17) is 9.47 Å². The zero-order valence-electron chi connectivity index (χ0n) is 14.0. The quantitative estimate of drug-likeness (QED) is 0.927. The van der Waals surface area contributed by atoms with Crippen LogP contribution >= 0.6 is 0 Å². The molecule has 0 saturated carbocycles. The van der Waals surface area contributed by atoms with Gasteiger partial charge >= 0.3 is 0 Å². The van der Waals surface area contributed by atoms with Crippen LogP contribution in [0.3, 0.4) is 0 Å². The SMILES string of the molecule is COc1cc(C2(C)CCCN2)ccc1OC1CCN(C)CC1. The van der Waals surface area contributed by atoms with Crippen LogP contribution in [0.15, 0.2) is 18.2 Å². The van der Waals surface area contributed by atoms with Crippen LogP contribution in [-0.2, 0) is 5.54 Å². The first-order valence-electron chi connectivity index (χ1n) is 8.39. The van der Waals surface area contributed by atoms with Crippen molar-refractivity contribution in [3.05, 3.63) is 23.8 Å². The van der Waals surface area contributed by atoms with E-state index in [1.807, 2.05) is 0 Å². The number of rotatable bonds is 4. The molecule has 2 aliphatic rings. The molecule has 1 unspecified atom stereocenters. The van der Waals surface area contributed by atoms with Gasteiger partial charge < -0.3 is 19.7 Å². The van der Waals surface area contributed by atoms with Crippen molar-refractivity contribution in [3.8, 4) is 11.5 Å². The average molecular weight is 304 g/mol. The van der Waals surface area contributed by atoms with Gasteiger partial charge in [0.1, 0.15) is 6.10 Å². The van der Waals surface area contributed by atoms with E-state index in [1.165, 1.54) is 18.4 Å². The van der Waals surface area contributed by atoms with Gasteiger partial charge in [-0.25, -0.2) is 0 Å². The van der Waals surface area contributed by atoms with E-state index in [2.05, 4.69) is 42.4 Å². The number of likely N-dealkylation sites (tertiary alicyclic amines) is 1. The normalized spacial score (nSPS) is 27.0. The van der Waals surface area contributed by atoms with Crippen LogP contribution in [0.4, 0.5) is 0 Å². The van der Waals surface area contributed by atoms with Gasteiger partial charge in [0, 0.05) is 18.6 Å². The molecule has 2 fully saturated rings. The molecular formula is C18H28N2O2. The Balaban J connectivity index is 1.74. The molecule has 2 aliphatic heterocycles. The summed E-state index contributed by atoms with van der Waals surface area (Å²) in [5, 5.41) is 3.60. The summed E-state index contributed by atoms with van der Waals surface area (Å²) < 4.78 is 11.8. The lowest BCUT2D eigenvalue weighted by atomic mass is 9.90. The summed E-state index contributed by atoms with van der Waals surface area (Å²) in [4.78, 5) is 2.35. The first kappa shape index (κ1) is 15.6. The molecule has 0 aliphatic carbocycles. The van der Waals surface area contributed by atoms with E-state index in [0.717, 1.165) is 44.0 Å². The maximum Gasteiger partial charge on any atom is 0.161 e. The lowest BCUT2D eigenvalue weighted by Crippen LogP contribution is -2.35. The second kappa shape index (κ2) is 6.47. The van der Waals surface area contributed by atoms with Gasteiger partial charge in [0.2, 0.25) is 0 Å². The molecule has 1 atom stereocenters. The summed E-state index contributed by atoms with van der Waals surface area (Å²) in [5.41, 5.74) is 1.36. The molecule has 3 rings (SSSR count). The number of ether oxygens (including phenoxy) is 2. The highest BCUT2D eigenvalue weighted by Gasteiger charge is 2.31. The third-order valence-electron chi connectivity index (χ3n) is 5.13. The van der Waals surface area contributed by atoms with Crippen molar-refractivity contribution in [2.75, 3.05) is 33.8 Å². The average Bonchev–Trinajstić information content (AvgIpc) is 2.98. The molecule has 2 heterocycles. The van der Waals surface area contributed by atoms with Crippen LogP contribution in [0.5, 0.6) is 11.5 Å². The zero-order chi connectivity index (χ0) is 15.6. The minimum Gasteiger partial charge on any atom is -0.493 e. The Morgan fingerprint density at radius 3 is 2.64 bits per heavy atom. The number of nitrogens with one attached hydrogen (secondary N) is 1. The van der Waals surface area contributed by atoms with Gasteiger partial charge in [0.25, 0.3) is 0 Å². The summed E-state index contributed by atoms with van der Waals surface area (Å²) >= 11 is 0. The molecule has 1 aromatic rings. The van der Waals surface area contributed by atoms with Gasteiger partial charge in [0.05, 0.1) is 7.11 Å². The van der Waals surface area contributed by atoms with Crippen molar-refractivity contribution in [2.45, 2.75) is 44.2 Å². The van der Waals surface area contributed by atoms with E-state index in [0.29, 0.717) is 6.10 Å². The van der Waals surface area contributed by atoms with E-state index in [1.54, 1.807) is 7.11 Å². The maximum atomic E-state index is 6.20. The summed E-state index contributed by atoms with van der Waals surface area (Å²) in [6, 6.07) is 6.41. The first-order valence-corrected chi connectivity index (χ1v) is 8.39. The second-order valence-corrected chi connectivity index (χ2v) is 6.85. The smallest absolute Gasteiger partial charge is 0.161 e. The summed E-state index contributed by atoms with van der Waals surface area (Å²) in [7, 11) is 3.89. The fourth-order valence-electron chi connectivity index (χ4n) is 3.53. The van der Waals surface area contributed by atoms with Crippen LogP contribution in [-0.4, -0.2) is 44.8 Å². The molecule has 0 amide bonds. The highest BCUT2D eigenvalue weighted by Crippen LogP contribution is 2.37. The number of hydrogen-bond donors (Lipinski definition) is 1. The van der Waals surface area contributed by atoms with Crippen molar-refractivity contribution in [1.29, 1.82) is 0 Å². The lowest BCUT2D eigenvalue weighted by molar-refractivity contribution is 0.111. The molecular weight excluding hydrogens is 276 g/mol. The molecule has 4 heteroatoms. The van der Waals surface area contributed by atoms with E-state index in [9.17, 15) is 0 Å². The molecule has 1 aromatic carbocycles. The Morgan fingerprint density at radius 2 is 2.00 bits per heavy atom. The van der Waals surface area contributed by atoms with Crippen molar-refractivity contribution in [1.82, 2.24) is 10.2 Å². The van der Waals surface area contributed by atoms with Gasteiger partial charge in [-0.3, -0.25) is 0 Å². The molecule has 1 N–H and O–H groups in total. The van der Waals surface area contributed by atoms with Crippen LogP contribution in [0.25, 0.3) is 0 Å². The molecule has 2 saturated heterocycles. The summed E-state index contributed by atoms with van der Waals surface area (Å²) in [6.07, 6.45) is 4.87. The predicted molar refractivity (Wildman–Crippen MR) is 88.7 cm³/mol. The Kier molecular flexibility index (Phi) is 4.59. The molecule has 22 heavy (non-hydrogen) atoms. The van der Waals surface area contributed by atoms with Crippen LogP contribution in [0.1, 0.15) is 38.2 Å². The monoisotopic (exact) mass is 304 g/mol. The number of benzene rings is 1. The van der Waals surface area contributed by atoms with E-state index >= 15 is 0 Å². The van der Waals surface area contributed by atoms with Gasteiger partial charge in [-0.2, -0.15) is 0 Å². The van der Waals surface area contributed by atoms with Gasteiger partial charge in [0.15, 0.2) is 11.5 Å². The third kappa shape index (κ3) is 3.23. The Hall–Kier alpha value is -1.26. The molecule has 122 valence electrons. The molecule has 4 nitrogen and oxygen atoms in total. The second-order valence-electron chi connectivity index (χ2n) is 6.85. The Labute approximate surface area is 133 Å². The van der Waals surface area contributed by atoms with Crippen molar-refractivity contribution in [2.24, 2.45) is 0 Å².